The fraction of sp³-hybridized carbons (Fsp3) is 0.591. The second kappa shape index (κ2) is 9.48. The van der Waals surface area contributed by atoms with Crippen molar-refractivity contribution in [2.24, 2.45) is 16.9 Å². The summed E-state index contributed by atoms with van der Waals surface area (Å²) >= 11 is 0. The topological polar surface area (TPSA) is 80.7 Å². The summed E-state index contributed by atoms with van der Waals surface area (Å²) in [6, 6.07) is 5.72. The molecule has 1 saturated heterocycles. The fourth-order valence-electron chi connectivity index (χ4n) is 3.65. The van der Waals surface area contributed by atoms with Crippen molar-refractivity contribution < 1.29 is 37.0 Å². The predicted octanol–water partition coefficient (Wildman–Crippen LogP) is 3.85. The molecule has 0 spiro atoms. The largest absolute Gasteiger partial charge is 0.493 e. The number of rotatable bonds is 7. The third kappa shape index (κ3) is 6.08. The molecule has 1 aromatic carbocycles. The zero-order chi connectivity index (χ0) is 24.4. The minimum absolute atomic E-state index is 0.167. The molecule has 0 radical (unpaired) electrons. The van der Waals surface area contributed by atoms with Gasteiger partial charge in [0.25, 0.3) is 6.47 Å². The maximum atomic E-state index is 13.3. The molecule has 11 heteroatoms. The van der Waals surface area contributed by atoms with E-state index in [9.17, 15) is 22.8 Å². The number of nitrogens with zero attached hydrogens (tertiary/aromatic N) is 3. The van der Waals surface area contributed by atoms with Crippen molar-refractivity contribution in [3.8, 4) is 5.75 Å². The van der Waals surface area contributed by atoms with Gasteiger partial charge in [-0.05, 0) is 45.0 Å². The monoisotopic (exact) mass is 471 g/mol. The van der Waals surface area contributed by atoms with Crippen molar-refractivity contribution in [1.29, 1.82) is 0 Å². The first kappa shape index (κ1) is 24.7. The molecule has 2 atom stereocenters. The molecule has 2 aliphatic rings. The van der Waals surface area contributed by atoms with Gasteiger partial charge in [0.05, 0.1) is 18.3 Å². The summed E-state index contributed by atoms with van der Waals surface area (Å²) in [5.74, 6) is -0.254. The number of hydrogen-bond acceptors (Lipinski definition) is 7. The van der Waals surface area contributed by atoms with Crippen molar-refractivity contribution in [2.75, 3.05) is 31.3 Å². The van der Waals surface area contributed by atoms with Crippen LogP contribution in [-0.4, -0.2) is 67.3 Å². The summed E-state index contributed by atoms with van der Waals surface area (Å²) in [5, 5.41) is 4.99. The van der Waals surface area contributed by atoms with Gasteiger partial charge in [0.1, 0.15) is 23.7 Å². The van der Waals surface area contributed by atoms with Gasteiger partial charge in [-0.25, -0.2) is 4.79 Å². The van der Waals surface area contributed by atoms with E-state index >= 15 is 0 Å². The number of alkyl halides is 3. The van der Waals surface area contributed by atoms with Crippen LogP contribution < -0.4 is 9.75 Å². The van der Waals surface area contributed by atoms with Gasteiger partial charge in [-0.3, -0.25) is 9.80 Å². The van der Waals surface area contributed by atoms with Gasteiger partial charge in [0, 0.05) is 24.9 Å². The Labute approximate surface area is 190 Å². The maximum Gasteiger partial charge on any atom is 0.431 e. The minimum Gasteiger partial charge on any atom is -0.493 e. The van der Waals surface area contributed by atoms with Crippen LogP contribution in [0.5, 0.6) is 5.75 Å². The Morgan fingerprint density at radius 1 is 1.15 bits per heavy atom. The number of carbonyl (C=O) groups is 2. The third-order valence-electron chi connectivity index (χ3n) is 5.36. The van der Waals surface area contributed by atoms with Gasteiger partial charge < -0.3 is 19.1 Å². The Morgan fingerprint density at radius 3 is 2.33 bits per heavy atom. The van der Waals surface area contributed by atoms with Gasteiger partial charge >= 0.3 is 12.3 Å². The molecular formula is C22H28F3N3O5. The molecule has 182 valence electrons. The standard InChI is InChI=1S/C22H28F3N3O5/c1-14-18(12-31-13-29)28(26-19(14)22(23,24)25)16-5-7-17(8-6-16)32-11-15-9-27(10-15)20(30)33-21(2,3)4/h5-8,13-15,18H,9-12H2,1-4H3/t14-,18-/m0/s1. The lowest BCUT2D eigenvalue weighted by atomic mass is 9.97. The Morgan fingerprint density at radius 2 is 1.79 bits per heavy atom. The van der Waals surface area contributed by atoms with Crippen molar-refractivity contribution in [1.82, 2.24) is 4.90 Å². The van der Waals surface area contributed by atoms with E-state index in [0.717, 1.165) is 0 Å². The molecule has 3 rings (SSSR count). The molecule has 8 nitrogen and oxygen atoms in total. The number of hydrogen-bond donors (Lipinski definition) is 0. The van der Waals surface area contributed by atoms with Crippen LogP contribution in [0, 0.1) is 11.8 Å². The number of likely N-dealkylation sites (tertiary alicyclic amines) is 1. The lowest BCUT2D eigenvalue weighted by molar-refractivity contribution is -0.129. The van der Waals surface area contributed by atoms with Gasteiger partial charge in [0.2, 0.25) is 0 Å². The fourth-order valence-corrected chi connectivity index (χ4v) is 3.65. The lowest BCUT2D eigenvalue weighted by Gasteiger charge is -2.39. The first-order valence-electron chi connectivity index (χ1n) is 10.6. The average Bonchev–Trinajstić information content (AvgIpc) is 3.01. The number of anilines is 1. The van der Waals surface area contributed by atoms with Crippen LogP contribution >= 0.6 is 0 Å². The molecule has 1 amide bonds. The highest BCUT2D eigenvalue weighted by Gasteiger charge is 2.48. The summed E-state index contributed by atoms with van der Waals surface area (Å²) in [7, 11) is 0. The number of ether oxygens (including phenoxy) is 3. The smallest absolute Gasteiger partial charge is 0.431 e. The number of carbonyl (C=O) groups excluding carboxylic acids is 2. The molecule has 33 heavy (non-hydrogen) atoms. The third-order valence-corrected chi connectivity index (χ3v) is 5.36. The summed E-state index contributed by atoms with van der Waals surface area (Å²) in [4.78, 5) is 24.1. The first-order valence-corrected chi connectivity index (χ1v) is 10.6. The first-order chi connectivity index (χ1) is 15.4. The SMILES string of the molecule is C[C@@H]1C(C(F)(F)F)=NN(c2ccc(OCC3CN(C(=O)OC(C)(C)C)C3)cc2)[C@H]1COC=O. The van der Waals surface area contributed by atoms with E-state index in [1.165, 1.54) is 11.9 Å². The van der Waals surface area contributed by atoms with E-state index in [-0.39, 0.29) is 25.1 Å². The summed E-state index contributed by atoms with van der Waals surface area (Å²) < 4.78 is 55.8. The number of amides is 1. The van der Waals surface area contributed by atoms with E-state index in [1.54, 1.807) is 29.2 Å². The molecule has 0 aromatic heterocycles. The van der Waals surface area contributed by atoms with Crippen LogP contribution in [-0.2, 0) is 14.3 Å². The number of hydrazone groups is 1. The molecule has 0 aliphatic carbocycles. The molecule has 0 saturated carbocycles. The molecular weight excluding hydrogens is 443 g/mol. The Kier molecular flexibility index (Phi) is 7.08. The summed E-state index contributed by atoms with van der Waals surface area (Å²) in [6.45, 7) is 8.28. The van der Waals surface area contributed by atoms with E-state index in [1.807, 2.05) is 20.8 Å². The van der Waals surface area contributed by atoms with Crippen LogP contribution in [0.15, 0.2) is 29.4 Å². The number of benzene rings is 1. The normalized spacial score (nSPS) is 21.4. The van der Waals surface area contributed by atoms with Gasteiger partial charge in [0.15, 0.2) is 0 Å². The molecule has 1 fully saturated rings. The highest BCUT2D eigenvalue weighted by atomic mass is 19.4. The quantitative estimate of drug-likeness (QED) is 0.562. The Balaban J connectivity index is 1.57. The van der Waals surface area contributed by atoms with Crippen molar-refractivity contribution >= 4 is 24.0 Å². The van der Waals surface area contributed by atoms with Crippen molar-refractivity contribution in [3.05, 3.63) is 24.3 Å². The van der Waals surface area contributed by atoms with Crippen molar-refractivity contribution in [3.63, 3.8) is 0 Å². The Bertz CT molecular complexity index is 877. The van der Waals surface area contributed by atoms with Gasteiger partial charge in [-0.1, -0.05) is 6.92 Å². The lowest BCUT2D eigenvalue weighted by Crippen LogP contribution is -2.53. The molecule has 0 unspecified atom stereocenters. The second-order valence-electron chi connectivity index (χ2n) is 9.17. The highest BCUT2D eigenvalue weighted by molar-refractivity contribution is 5.95. The molecule has 0 bridgehead atoms. The van der Waals surface area contributed by atoms with Crippen LogP contribution in [0.1, 0.15) is 27.7 Å². The van der Waals surface area contributed by atoms with E-state index in [4.69, 9.17) is 14.2 Å². The zero-order valence-electron chi connectivity index (χ0n) is 19.0. The molecule has 2 aliphatic heterocycles. The number of halogens is 3. The van der Waals surface area contributed by atoms with Crippen LogP contribution in [0.4, 0.5) is 23.7 Å². The van der Waals surface area contributed by atoms with Crippen LogP contribution in [0.3, 0.4) is 0 Å². The zero-order valence-corrected chi connectivity index (χ0v) is 19.0. The molecule has 1 aromatic rings. The summed E-state index contributed by atoms with van der Waals surface area (Å²) in [5.41, 5.74) is -1.04. The minimum atomic E-state index is -4.58. The predicted molar refractivity (Wildman–Crippen MR) is 114 cm³/mol. The van der Waals surface area contributed by atoms with Gasteiger partial charge in [-0.2, -0.15) is 18.3 Å². The molecule has 2 heterocycles. The van der Waals surface area contributed by atoms with Crippen LogP contribution in [0.25, 0.3) is 0 Å². The second-order valence-corrected chi connectivity index (χ2v) is 9.17. The van der Waals surface area contributed by atoms with Crippen molar-refractivity contribution in [2.45, 2.75) is 45.5 Å². The molecule has 0 N–H and O–H groups in total. The summed E-state index contributed by atoms with van der Waals surface area (Å²) in [6.07, 6.45) is -4.93. The van der Waals surface area contributed by atoms with E-state index < -0.39 is 29.4 Å². The van der Waals surface area contributed by atoms with E-state index in [0.29, 0.717) is 31.1 Å². The highest BCUT2D eigenvalue weighted by Crippen LogP contribution is 2.35. The average molecular weight is 471 g/mol. The van der Waals surface area contributed by atoms with Crippen LogP contribution in [0.2, 0.25) is 0 Å². The van der Waals surface area contributed by atoms with E-state index in [2.05, 4.69) is 5.10 Å². The maximum absolute atomic E-state index is 13.3. The Hall–Kier alpha value is -2.98. The van der Waals surface area contributed by atoms with Gasteiger partial charge in [-0.15, -0.1) is 0 Å².